The van der Waals surface area contributed by atoms with E-state index in [2.05, 4.69) is 0 Å². The van der Waals surface area contributed by atoms with Crippen LogP contribution in [-0.4, -0.2) is 38.4 Å². The molecule has 0 unspecified atom stereocenters. The predicted octanol–water partition coefficient (Wildman–Crippen LogP) is 3.45. The highest BCUT2D eigenvalue weighted by Gasteiger charge is 2.47. The molecular formula is C14H17F3NO+. The monoisotopic (exact) mass is 272 g/mol. The van der Waals surface area contributed by atoms with Crippen molar-refractivity contribution in [2.24, 2.45) is 0 Å². The van der Waals surface area contributed by atoms with Crippen molar-refractivity contribution in [3.63, 3.8) is 0 Å². The Kier molecular flexibility index (Phi) is 3.34. The zero-order valence-corrected chi connectivity index (χ0v) is 11.2. The molecule has 0 fully saturated rings. The number of hydrogen-bond acceptors (Lipinski definition) is 1. The predicted molar refractivity (Wildman–Crippen MR) is 67.6 cm³/mol. The summed E-state index contributed by atoms with van der Waals surface area (Å²) in [4.78, 5) is 0. The van der Waals surface area contributed by atoms with E-state index in [0.717, 1.165) is 0 Å². The van der Waals surface area contributed by atoms with Crippen LogP contribution < -0.4 is 4.74 Å². The third-order valence-electron chi connectivity index (χ3n) is 3.52. The van der Waals surface area contributed by atoms with Gasteiger partial charge in [0.2, 0.25) is 0 Å². The van der Waals surface area contributed by atoms with Crippen molar-refractivity contribution in [3.8, 4) is 5.75 Å². The van der Waals surface area contributed by atoms with Crippen LogP contribution in [0.2, 0.25) is 0 Å². The molecule has 1 aliphatic rings. The summed E-state index contributed by atoms with van der Waals surface area (Å²) in [5.74, 6) is 0.479. The van der Waals surface area contributed by atoms with Crippen LogP contribution in [0, 0.1) is 0 Å². The van der Waals surface area contributed by atoms with Gasteiger partial charge >= 0.3 is 6.18 Å². The second-order valence-corrected chi connectivity index (χ2v) is 5.18. The maximum absolute atomic E-state index is 13.2. The average molecular weight is 272 g/mol. The van der Waals surface area contributed by atoms with Gasteiger partial charge in [0.1, 0.15) is 11.3 Å². The smallest absolute Gasteiger partial charge is 0.418 e. The van der Waals surface area contributed by atoms with Crippen LogP contribution in [0.1, 0.15) is 12.0 Å². The van der Waals surface area contributed by atoms with Gasteiger partial charge in [0.15, 0.2) is 5.70 Å². The zero-order valence-electron chi connectivity index (χ0n) is 11.2. The van der Waals surface area contributed by atoms with Gasteiger partial charge in [-0.1, -0.05) is 12.1 Å². The molecule has 1 aromatic carbocycles. The van der Waals surface area contributed by atoms with Crippen LogP contribution in [0.15, 0.2) is 29.8 Å². The number of quaternary nitrogens is 1. The van der Waals surface area contributed by atoms with Crippen molar-refractivity contribution in [2.75, 3.05) is 27.7 Å². The number of ether oxygens (including phenoxy) is 1. The molecule has 0 spiro atoms. The van der Waals surface area contributed by atoms with Crippen LogP contribution in [0.5, 0.6) is 5.75 Å². The molecule has 0 atom stereocenters. The number of para-hydroxylation sites is 1. The van der Waals surface area contributed by atoms with Gasteiger partial charge in [-0.15, -0.1) is 0 Å². The van der Waals surface area contributed by atoms with Crippen LogP contribution in [-0.2, 0) is 0 Å². The Morgan fingerprint density at radius 3 is 2.37 bits per heavy atom. The molecule has 1 aliphatic heterocycles. The van der Waals surface area contributed by atoms with Gasteiger partial charge in [-0.3, -0.25) is 4.48 Å². The number of halogens is 3. The molecule has 1 aromatic rings. The van der Waals surface area contributed by atoms with Gasteiger partial charge in [0.05, 0.1) is 33.3 Å². The fraction of sp³-hybridized carbons (Fsp3) is 0.429. The average Bonchev–Trinajstić information content (AvgIpc) is 2.64. The lowest BCUT2D eigenvalue weighted by atomic mass is 10.0. The Morgan fingerprint density at radius 1 is 1.16 bits per heavy atom. The number of nitrogens with zero attached hydrogens (tertiary/aromatic N) is 1. The van der Waals surface area contributed by atoms with E-state index in [1.165, 1.54) is 7.11 Å². The first kappa shape index (κ1) is 13.9. The van der Waals surface area contributed by atoms with Crippen LogP contribution in [0.3, 0.4) is 0 Å². The van der Waals surface area contributed by atoms with E-state index in [0.29, 0.717) is 23.6 Å². The van der Waals surface area contributed by atoms with Gasteiger partial charge in [0.25, 0.3) is 0 Å². The van der Waals surface area contributed by atoms with Crippen molar-refractivity contribution in [3.05, 3.63) is 35.4 Å². The Hall–Kier alpha value is -1.49. The molecule has 0 bridgehead atoms. The minimum atomic E-state index is -4.29. The third kappa shape index (κ3) is 2.47. The zero-order chi connectivity index (χ0) is 14.3. The first-order valence-corrected chi connectivity index (χ1v) is 6.04. The van der Waals surface area contributed by atoms with Crippen LogP contribution in [0.4, 0.5) is 13.2 Å². The molecule has 0 radical (unpaired) electrons. The van der Waals surface area contributed by atoms with E-state index in [9.17, 15) is 13.2 Å². The van der Waals surface area contributed by atoms with Crippen molar-refractivity contribution >= 4 is 5.70 Å². The van der Waals surface area contributed by atoms with E-state index in [4.69, 9.17) is 4.74 Å². The van der Waals surface area contributed by atoms with E-state index in [1.54, 1.807) is 38.4 Å². The summed E-state index contributed by atoms with van der Waals surface area (Å²) in [6.45, 7) is 0.447. The van der Waals surface area contributed by atoms with Crippen LogP contribution >= 0.6 is 0 Å². The highest BCUT2D eigenvalue weighted by molar-refractivity contribution is 5.70. The van der Waals surface area contributed by atoms with Crippen molar-refractivity contribution in [1.82, 2.24) is 0 Å². The molecule has 19 heavy (non-hydrogen) atoms. The fourth-order valence-corrected chi connectivity index (χ4v) is 2.59. The van der Waals surface area contributed by atoms with Gasteiger partial charge in [-0.25, -0.2) is 0 Å². The van der Waals surface area contributed by atoms with Crippen molar-refractivity contribution in [1.29, 1.82) is 0 Å². The number of hydrogen-bond donors (Lipinski definition) is 0. The molecular weight excluding hydrogens is 255 g/mol. The van der Waals surface area contributed by atoms with Gasteiger partial charge in [-0.2, -0.15) is 13.2 Å². The molecule has 0 amide bonds. The normalized spacial score (nSPS) is 18.8. The minimum Gasteiger partial charge on any atom is -0.496 e. The number of methoxy groups -OCH3 is 1. The molecule has 0 aliphatic carbocycles. The summed E-state index contributed by atoms with van der Waals surface area (Å²) >= 11 is 0. The Morgan fingerprint density at radius 2 is 1.79 bits per heavy atom. The summed E-state index contributed by atoms with van der Waals surface area (Å²) in [6.07, 6.45) is -4.24. The number of rotatable bonds is 2. The summed E-state index contributed by atoms with van der Waals surface area (Å²) in [5.41, 5.74) is 0.395. The van der Waals surface area contributed by atoms with E-state index in [1.807, 2.05) is 0 Å². The maximum Gasteiger partial charge on any atom is 0.418 e. The Balaban J connectivity index is 2.67. The molecule has 0 N–H and O–H groups in total. The molecule has 0 saturated heterocycles. The minimum absolute atomic E-state index is 0.0455. The molecule has 1 heterocycles. The number of alkyl halides is 3. The van der Waals surface area contributed by atoms with Gasteiger partial charge < -0.3 is 4.74 Å². The van der Waals surface area contributed by atoms with Gasteiger partial charge in [-0.05, 0) is 12.1 Å². The lowest BCUT2D eigenvalue weighted by Gasteiger charge is -2.28. The summed E-state index contributed by atoms with van der Waals surface area (Å²) in [5, 5.41) is 0. The van der Waals surface area contributed by atoms with E-state index >= 15 is 0 Å². The molecule has 2 rings (SSSR count). The second-order valence-electron chi connectivity index (χ2n) is 5.18. The summed E-state index contributed by atoms with van der Waals surface area (Å²) < 4.78 is 44.9. The topological polar surface area (TPSA) is 9.23 Å². The highest BCUT2D eigenvalue weighted by Crippen LogP contribution is 2.45. The van der Waals surface area contributed by atoms with Crippen LogP contribution in [0.25, 0.3) is 5.70 Å². The third-order valence-corrected chi connectivity index (χ3v) is 3.52. The molecule has 104 valence electrons. The Bertz CT molecular complexity index is 518. The maximum atomic E-state index is 13.2. The SMILES string of the molecule is COc1ccccc1C1=C(C(F)(F)F)CC[N+]1(C)C. The quantitative estimate of drug-likeness (QED) is 0.749. The highest BCUT2D eigenvalue weighted by atomic mass is 19.4. The first-order valence-electron chi connectivity index (χ1n) is 6.04. The van der Waals surface area contributed by atoms with E-state index in [-0.39, 0.29) is 10.9 Å². The Labute approximate surface area is 110 Å². The summed E-state index contributed by atoms with van der Waals surface area (Å²) in [7, 11) is 5.06. The summed E-state index contributed by atoms with van der Waals surface area (Å²) in [6, 6.07) is 6.86. The number of benzene rings is 1. The van der Waals surface area contributed by atoms with Gasteiger partial charge in [0, 0.05) is 6.42 Å². The molecule has 2 nitrogen and oxygen atoms in total. The lowest BCUT2D eigenvalue weighted by molar-refractivity contribution is -0.812. The van der Waals surface area contributed by atoms with E-state index < -0.39 is 11.7 Å². The largest absolute Gasteiger partial charge is 0.496 e. The first-order chi connectivity index (χ1) is 8.77. The molecule has 0 saturated carbocycles. The molecule has 0 aromatic heterocycles. The van der Waals surface area contributed by atoms with Crippen molar-refractivity contribution < 1.29 is 22.4 Å². The van der Waals surface area contributed by atoms with Crippen molar-refractivity contribution in [2.45, 2.75) is 12.6 Å². The lowest BCUT2D eigenvalue weighted by Crippen LogP contribution is -2.35. The second kappa shape index (κ2) is 4.56. The fourth-order valence-electron chi connectivity index (χ4n) is 2.59. The standard InChI is InChI=1S/C14H17F3NO/c1-18(2)9-8-11(14(15,16)17)13(18)10-6-4-5-7-12(10)19-3/h4-7H,8-9H2,1-3H3/q+1. The molecule has 5 heteroatoms.